The average molecular weight is 465 g/mol. The van der Waals surface area contributed by atoms with Gasteiger partial charge in [-0.3, -0.25) is 24.5 Å². The molecule has 4 N–H and O–H groups in total. The Hall–Kier alpha value is -3.17. The second-order valence-corrected chi connectivity index (χ2v) is 9.67. The van der Waals surface area contributed by atoms with Gasteiger partial charge in [0.1, 0.15) is 23.8 Å². The first-order valence-corrected chi connectivity index (χ1v) is 10.9. The zero-order valence-corrected chi connectivity index (χ0v) is 20.2. The lowest BCUT2D eigenvalue weighted by Gasteiger charge is -2.32. The number of methoxy groups -OCH3 is 1. The third-order valence-corrected chi connectivity index (χ3v) is 5.14. The Bertz CT molecular complexity index is 850. The largest absolute Gasteiger partial charge is 0.497 e. The number of amides is 3. The summed E-state index contributed by atoms with van der Waals surface area (Å²) in [6, 6.07) is 4.98. The minimum Gasteiger partial charge on any atom is -0.497 e. The number of hydrogen-bond acceptors (Lipinski definition) is 6. The summed E-state index contributed by atoms with van der Waals surface area (Å²) >= 11 is 0. The maximum absolute atomic E-state index is 13.1. The Labute approximate surface area is 194 Å². The normalized spacial score (nSPS) is 14.2. The van der Waals surface area contributed by atoms with Gasteiger partial charge in [0.25, 0.3) is 0 Å². The van der Waals surface area contributed by atoms with Crippen LogP contribution in [-0.4, -0.2) is 48.4 Å². The van der Waals surface area contributed by atoms with E-state index in [2.05, 4.69) is 10.6 Å². The van der Waals surface area contributed by atoms with Crippen LogP contribution in [0.25, 0.3) is 0 Å². The van der Waals surface area contributed by atoms with Gasteiger partial charge < -0.3 is 21.1 Å². The van der Waals surface area contributed by atoms with E-state index in [1.54, 1.807) is 45.0 Å². The summed E-state index contributed by atoms with van der Waals surface area (Å²) < 4.78 is 5.18. The monoisotopic (exact) mass is 464 g/mol. The molecule has 0 heterocycles. The highest BCUT2D eigenvalue weighted by Gasteiger charge is 2.37. The second-order valence-electron chi connectivity index (χ2n) is 9.67. The van der Waals surface area contributed by atoms with E-state index < -0.39 is 52.6 Å². The van der Waals surface area contributed by atoms with E-state index in [-0.39, 0.29) is 12.3 Å². The van der Waals surface area contributed by atoms with Crippen molar-refractivity contribution >= 4 is 17.7 Å². The molecular formula is C23H36N4O6. The van der Waals surface area contributed by atoms with E-state index in [1.165, 1.54) is 7.11 Å². The maximum Gasteiger partial charge on any atom is 0.243 e. The molecule has 0 spiro atoms. The minimum atomic E-state index is -1.03. The number of nitrogens with two attached hydrogens (primary N) is 1. The molecule has 10 heteroatoms. The summed E-state index contributed by atoms with van der Waals surface area (Å²) in [5, 5.41) is 16.3. The molecule has 1 aromatic carbocycles. The molecule has 0 unspecified atom stereocenters. The third kappa shape index (κ3) is 9.46. The first-order valence-electron chi connectivity index (χ1n) is 10.9. The molecule has 0 saturated carbocycles. The van der Waals surface area contributed by atoms with Crippen LogP contribution in [0.15, 0.2) is 24.3 Å². The highest BCUT2D eigenvalue weighted by atomic mass is 16.6. The molecule has 0 aromatic heterocycles. The molecule has 1 rings (SSSR count). The molecular weight excluding hydrogens is 428 g/mol. The van der Waals surface area contributed by atoms with Crippen LogP contribution in [0.4, 0.5) is 0 Å². The third-order valence-electron chi connectivity index (χ3n) is 5.14. The Morgan fingerprint density at radius 3 is 2.27 bits per heavy atom. The number of benzene rings is 1. The number of carbonyl (C=O) groups is 3. The molecule has 0 bridgehead atoms. The van der Waals surface area contributed by atoms with Crippen molar-refractivity contribution in [3.8, 4) is 5.75 Å². The van der Waals surface area contributed by atoms with E-state index >= 15 is 0 Å². The summed E-state index contributed by atoms with van der Waals surface area (Å²) in [7, 11) is 1.52. The van der Waals surface area contributed by atoms with E-state index in [1.807, 2.05) is 13.8 Å². The molecule has 10 nitrogen and oxygen atoms in total. The van der Waals surface area contributed by atoms with Crippen molar-refractivity contribution in [1.82, 2.24) is 10.6 Å². The smallest absolute Gasteiger partial charge is 0.243 e. The van der Waals surface area contributed by atoms with Gasteiger partial charge in [-0.1, -0.05) is 46.8 Å². The molecule has 184 valence electrons. The van der Waals surface area contributed by atoms with Crippen LogP contribution in [0.5, 0.6) is 5.75 Å². The summed E-state index contributed by atoms with van der Waals surface area (Å²) in [6.07, 6.45) is 0.450. The van der Waals surface area contributed by atoms with Crippen LogP contribution in [0, 0.1) is 27.4 Å². The number of nitrogens with zero attached hydrogens (tertiary/aromatic N) is 1. The number of hydrogen-bond donors (Lipinski definition) is 3. The molecule has 0 aliphatic carbocycles. The molecule has 0 saturated heterocycles. The second kappa shape index (κ2) is 12.2. The van der Waals surface area contributed by atoms with Crippen molar-refractivity contribution in [2.45, 2.75) is 59.5 Å². The Balaban J connectivity index is 3.05. The first-order chi connectivity index (χ1) is 15.2. The summed E-state index contributed by atoms with van der Waals surface area (Å²) in [5.74, 6) is -2.10. The van der Waals surface area contributed by atoms with Crippen LogP contribution in [-0.2, 0) is 20.8 Å². The standard InChI is InChI=1S/C23H36N4O6/c1-14(2)10-16(13-27(31)32)21(29)26-19(23(3,4)5)22(30)25-18(20(24)28)12-15-8-7-9-17(11-15)33-6/h7-9,11,14,16,18-19H,10,12-13H2,1-6H3,(H2,24,28)(H,25,30)(H,26,29)/t16-,18+,19-/m1/s1. The van der Waals surface area contributed by atoms with Crippen molar-refractivity contribution in [2.75, 3.05) is 13.7 Å². The van der Waals surface area contributed by atoms with Gasteiger partial charge in [-0.2, -0.15) is 0 Å². The van der Waals surface area contributed by atoms with Crippen molar-refractivity contribution in [3.05, 3.63) is 39.9 Å². The van der Waals surface area contributed by atoms with E-state index in [9.17, 15) is 24.5 Å². The molecule has 0 aliphatic heterocycles. The molecule has 3 atom stereocenters. The van der Waals surface area contributed by atoms with Crippen molar-refractivity contribution < 1.29 is 24.0 Å². The zero-order valence-electron chi connectivity index (χ0n) is 20.2. The van der Waals surface area contributed by atoms with Gasteiger partial charge in [0.05, 0.1) is 7.11 Å². The number of nitro groups is 1. The van der Waals surface area contributed by atoms with Crippen LogP contribution in [0.3, 0.4) is 0 Å². The molecule has 0 aliphatic rings. The summed E-state index contributed by atoms with van der Waals surface area (Å²) in [6.45, 7) is 8.47. The molecule has 0 radical (unpaired) electrons. The summed E-state index contributed by atoms with van der Waals surface area (Å²) in [5.41, 5.74) is 5.53. The first kappa shape index (κ1) is 27.9. The number of carbonyl (C=O) groups excluding carboxylic acids is 3. The van der Waals surface area contributed by atoms with Crippen LogP contribution in [0.2, 0.25) is 0 Å². The fourth-order valence-electron chi connectivity index (χ4n) is 3.46. The highest BCUT2D eigenvalue weighted by Crippen LogP contribution is 2.22. The Morgan fingerprint density at radius 1 is 1.15 bits per heavy atom. The molecule has 1 aromatic rings. The molecule has 0 fully saturated rings. The van der Waals surface area contributed by atoms with Gasteiger partial charge in [-0.05, 0) is 35.4 Å². The Morgan fingerprint density at radius 2 is 1.79 bits per heavy atom. The van der Waals surface area contributed by atoms with Crippen molar-refractivity contribution in [2.24, 2.45) is 23.0 Å². The van der Waals surface area contributed by atoms with Gasteiger partial charge in [-0.25, -0.2) is 0 Å². The van der Waals surface area contributed by atoms with E-state index in [4.69, 9.17) is 10.5 Å². The van der Waals surface area contributed by atoms with Gasteiger partial charge in [0.2, 0.25) is 24.3 Å². The van der Waals surface area contributed by atoms with Crippen LogP contribution >= 0.6 is 0 Å². The highest BCUT2D eigenvalue weighted by molar-refractivity contribution is 5.92. The average Bonchev–Trinajstić information content (AvgIpc) is 2.69. The number of primary amides is 1. The van der Waals surface area contributed by atoms with E-state index in [0.717, 1.165) is 5.56 Å². The quantitative estimate of drug-likeness (QED) is 0.316. The van der Waals surface area contributed by atoms with Crippen molar-refractivity contribution in [1.29, 1.82) is 0 Å². The van der Waals surface area contributed by atoms with Gasteiger partial charge >= 0.3 is 0 Å². The minimum absolute atomic E-state index is 0.0599. The SMILES string of the molecule is COc1cccc(C[C@H](NC(=O)[C@@H](NC(=O)[C@H](CC(C)C)C[N+](=O)[O-])C(C)(C)C)C(N)=O)c1. The number of ether oxygens (including phenoxy) is 1. The molecule has 33 heavy (non-hydrogen) atoms. The fraction of sp³-hybridized carbons (Fsp3) is 0.609. The van der Waals surface area contributed by atoms with Gasteiger partial charge in [0.15, 0.2) is 0 Å². The predicted molar refractivity (Wildman–Crippen MR) is 124 cm³/mol. The van der Waals surface area contributed by atoms with Crippen LogP contribution in [0.1, 0.15) is 46.6 Å². The Kier molecular flexibility index (Phi) is 10.3. The number of nitrogens with one attached hydrogen (secondary N) is 2. The molecule has 3 amide bonds. The van der Waals surface area contributed by atoms with Crippen LogP contribution < -0.4 is 21.1 Å². The summed E-state index contributed by atoms with van der Waals surface area (Å²) in [4.78, 5) is 48.5. The number of rotatable bonds is 12. The lowest BCUT2D eigenvalue weighted by molar-refractivity contribution is -0.486. The maximum atomic E-state index is 13.1. The zero-order chi connectivity index (χ0) is 25.3. The van der Waals surface area contributed by atoms with Crippen molar-refractivity contribution in [3.63, 3.8) is 0 Å². The van der Waals surface area contributed by atoms with Gasteiger partial charge in [0, 0.05) is 11.3 Å². The predicted octanol–water partition coefficient (Wildman–Crippen LogP) is 1.68. The lowest BCUT2D eigenvalue weighted by Crippen LogP contribution is -2.58. The lowest BCUT2D eigenvalue weighted by atomic mass is 9.85. The fourth-order valence-corrected chi connectivity index (χ4v) is 3.46. The topological polar surface area (TPSA) is 154 Å². The van der Waals surface area contributed by atoms with Gasteiger partial charge in [-0.15, -0.1) is 0 Å². The van der Waals surface area contributed by atoms with E-state index in [0.29, 0.717) is 12.2 Å².